The molecule has 1 heterocycles. The van der Waals surface area contributed by atoms with Crippen LogP contribution in [0, 0.1) is 11.6 Å². The maximum absolute atomic E-state index is 13.6. The van der Waals surface area contributed by atoms with E-state index in [1.165, 1.54) is 23.5 Å². The molecule has 0 aliphatic rings. The summed E-state index contributed by atoms with van der Waals surface area (Å²) in [4.78, 5) is 4.34. The van der Waals surface area contributed by atoms with E-state index in [0.29, 0.717) is 23.2 Å². The molecule has 0 saturated heterocycles. The van der Waals surface area contributed by atoms with Crippen molar-refractivity contribution in [2.45, 2.75) is 26.4 Å². The van der Waals surface area contributed by atoms with Crippen LogP contribution in [0.3, 0.4) is 0 Å². The Bertz CT molecular complexity index is 538. The van der Waals surface area contributed by atoms with Crippen molar-refractivity contribution in [1.82, 2.24) is 10.3 Å². The first-order chi connectivity index (χ1) is 8.56. The largest absolute Gasteiger partial charge is 0.309 e. The summed E-state index contributed by atoms with van der Waals surface area (Å²) in [7, 11) is 0. The molecule has 1 N–H and O–H groups in total. The summed E-state index contributed by atoms with van der Waals surface area (Å²) in [6.45, 7) is 4.75. The fourth-order valence-electron chi connectivity index (χ4n) is 1.48. The topological polar surface area (TPSA) is 24.9 Å². The van der Waals surface area contributed by atoms with E-state index in [1.54, 1.807) is 0 Å². The van der Waals surface area contributed by atoms with Crippen molar-refractivity contribution in [2.75, 3.05) is 0 Å². The van der Waals surface area contributed by atoms with E-state index in [0.717, 1.165) is 11.8 Å². The van der Waals surface area contributed by atoms with Crippen LogP contribution in [-0.2, 0) is 6.54 Å². The highest BCUT2D eigenvalue weighted by Crippen LogP contribution is 2.26. The molecule has 2 rings (SSSR count). The van der Waals surface area contributed by atoms with Gasteiger partial charge in [0.25, 0.3) is 0 Å². The molecule has 0 radical (unpaired) electrons. The maximum atomic E-state index is 13.6. The third kappa shape index (κ3) is 3.11. The van der Waals surface area contributed by atoms with E-state index in [-0.39, 0.29) is 0 Å². The van der Waals surface area contributed by atoms with Crippen LogP contribution in [0.15, 0.2) is 23.6 Å². The van der Waals surface area contributed by atoms with Crippen LogP contribution < -0.4 is 5.32 Å². The van der Waals surface area contributed by atoms with Crippen LogP contribution in [-0.4, -0.2) is 11.0 Å². The quantitative estimate of drug-likeness (QED) is 0.916. The number of aromatic nitrogens is 1. The molecule has 5 heteroatoms. The van der Waals surface area contributed by atoms with Crippen LogP contribution >= 0.6 is 11.3 Å². The molecule has 0 atom stereocenters. The Hall–Kier alpha value is -1.33. The lowest BCUT2D eigenvalue weighted by molar-refractivity contribution is 0.581. The molecular weight excluding hydrogens is 254 g/mol. The Kier molecular flexibility index (Phi) is 4.04. The van der Waals surface area contributed by atoms with Crippen LogP contribution in [0.1, 0.15) is 19.5 Å². The fourth-order valence-corrected chi connectivity index (χ4v) is 2.33. The zero-order valence-electron chi connectivity index (χ0n) is 10.2. The zero-order chi connectivity index (χ0) is 13.1. The number of nitrogens with one attached hydrogen (secondary N) is 1. The molecule has 0 aliphatic heterocycles. The zero-order valence-corrected chi connectivity index (χ0v) is 11.0. The Balaban J connectivity index is 2.18. The first-order valence-corrected chi connectivity index (χ1v) is 6.57. The summed E-state index contributed by atoms with van der Waals surface area (Å²) in [6, 6.07) is 3.91. The van der Waals surface area contributed by atoms with Gasteiger partial charge in [0.1, 0.15) is 16.6 Å². The van der Waals surface area contributed by atoms with Crippen LogP contribution in [0.4, 0.5) is 8.78 Å². The second-order valence-corrected chi connectivity index (χ2v) is 5.16. The van der Waals surface area contributed by atoms with Gasteiger partial charge < -0.3 is 5.32 Å². The molecule has 1 aromatic carbocycles. The number of halogens is 2. The van der Waals surface area contributed by atoms with Gasteiger partial charge in [-0.15, -0.1) is 11.3 Å². The first kappa shape index (κ1) is 13.1. The van der Waals surface area contributed by atoms with Gasteiger partial charge >= 0.3 is 0 Å². The summed E-state index contributed by atoms with van der Waals surface area (Å²) >= 11 is 1.36. The van der Waals surface area contributed by atoms with Crippen molar-refractivity contribution in [3.8, 4) is 10.6 Å². The Morgan fingerprint density at radius 3 is 2.78 bits per heavy atom. The minimum Gasteiger partial charge on any atom is -0.309 e. The second kappa shape index (κ2) is 5.54. The summed E-state index contributed by atoms with van der Waals surface area (Å²) in [5.41, 5.74) is 1.21. The summed E-state index contributed by atoms with van der Waals surface area (Å²) < 4.78 is 26.4. The lowest BCUT2D eigenvalue weighted by atomic mass is 10.2. The molecule has 18 heavy (non-hydrogen) atoms. The van der Waals surface area contributed by atoms with Gasteiger partial charge in [0.05, 0.1) is 5.69 Å². The molecular formula is C13H14F2N2S. The van der Waals surface area contributed by atoms with Gasteiger partial charge in [-0.1, -0.05) is 13.8 Å². The van der Waals surface area contributed by atoms with E-state index in [1.807, 2.05) is 19.2 Å². The highest BCUT2D eigenvalue weighted by molar-refractivity contribution is 7.13. The third-order valence-corrected chi connectivity index (χ3v) is 3.33. The summed E-state index contributed by atoms with van der Waals surface area (Å²) in [5, 5.41) is 5.70. The number of hydrogen-bond acceptors (Lipinski definition) is 3. The van der Waals surface area contributed by atoms with Crippen molar-refractivity contribution >= 4 is 11.3 Å². The summed E-state index contributed by atoms with van der Waals surface area (Å²) in [6.07, 6.45) is 0. The Labute approximate surface area is 109 Å². The van der Waals surface area contributed by atoms with Gasteiger partial charge in [-0.2, -0.15) is 0 Å². The Morgan fingerprint density at radius 2 is 2.11 bits per heavy atom. The van der Waals surface area contributed by atoms with Gasteiger partial charge in [-0.05, 0) is 12.1 Å². The number of thiazole rings is 1. The van der Waals surface area contributed by atoms with Gasteiger partial charge in [-0.3, -0.25) is 0 Å². The van der Waals surface area contributed by atoms with E-state index < -0.39 is 11.6 Å². The number of benzene rings is 1. The third-order valence-electron chi connectivity index (χ3n) is 2.40. The molecule has 0 saturated carbocycles. The minimum atomic E-state index is -0.576. The van der Waals surface area contributed by atoms with Crippen molar-refractivity contribution < 1.29 is 8.78 Å². The summed E-state index contributed by atoms with van der Waals surface area (Å²) in [5.74, 6) is -1.15. The van der Waals surface area contributed by atoms with Gasteiger partial charge in [0, 0.05) is 29.6 Å². The van der Waals surface area contributed by atoms with Crippen molar-refractivity contribution in [3.63, 3.8) is 0 Å². The average molecular weight is 268 g/mol. The second-order valence-electron chi connectivity index (χ2n) is 4.30. The fraction of sp³-hybridized carbons (Fsp3) is 0.308. The molecule has 0 bridgehead atoms. The number of hydrogen-bond donors (Lipinski definition) is 1. The first-order valence-electron chi connectivity index (χ1n) is 5.69. The van der Waals surface area contributed by atoms with Crippen LogP contribution in [0.2, 0.25) is 0 Å². The van der Waals surface area contributed by atoms with Crippen molar-refractivity contribution in [3.05, 3.63) is 40.9 Å². The monoisotopic (exact) mass is 268 g/mol. The standard InChI is InChI=1S/C13H14F2N2S/c1-8(2)16-6-10-7-18-13(17-10)11-4-3-9(14)5-12(11)15/h3-5,7-8,16H,6H2,1-2H3. The Morgan fingerprint density at radius 1 is 1.33 bits per heavy atom. The van der Waals surface area contributed by atoms with Gasteiger partial charge in [0.15, 0.2) is 0 Å². The van der Waals surface area contributed by atoms with E-state index in [9.17, 15) is 8.78 Å². The van der Waals surface area contributed by atoms with E-state index >= 15 is 0 Å². The molecule has 0 spiro atoms. The highest BCUT2D eigenvalue weighted by atomic mass is 32.1. The SMILES string of the molecule is CC(C)NCc1csc(-c2ccc(F)cc2F)n1. The van der Waals surface area contributed by atoms with E-state index in [4.69, 9.17) is 0 Å². The maximum Gasteiger partial charge on any atom is 0.136 e. The van der Waals surface area contributed by atoms with Crippen molar-refractivity contribution in [2.24, 2.45) is 0 Å². The molecule has 2 nitrogen and oxygen atoms in total. The predicted molar refractivity (Wildman–Crippen MR) is 69.4 cm³/mol. The number of rotatable bonds is 4. The minimum absolute atomic E-state index is 0.345. The molecule has 96 valence electrons. The molecule has 0 unspecified atom stereocenters. The smallest absolute Gasteiger partial charge is 0.136 e. The number of nitrogens with zero attached hydrogens (tertiary/aromatic N) is 1. The lowest BCUT2D eigenvalue weighted by Crippen LogP contribution is -2.21. The normalized spacial score (nSPS) is 11.2. The molecule has 2 aromatic rings. The highest BCUT2D eigenvalue weighted by Gasteiger charge is 2.10. The van der Waals surface area contributed by atoms with Gasteiger partial charge in [0.2, 0.25) is 0 Å². The molecule has 0 aliphatic carbocycles. The molecule has 1 aromatic heterocycles. The van der Waals surface area contributed by atoms with Crippen LogP contribution in [0.5, 0.6) is 0 Å². The molecule has 0 amide bonds. The lowest BCUT2D eigenvalue weighted by Gasteiger charge is -2.04. The van der Waals surface area contributed by atoms with Crippen molar-refractivity contribution in [1.29, 1.82) is 0 Å². The van der Waals surface area contributed by atoms with Gasteiger partial charge in [-0.25, -0.2) is 13.8 Å². The average Bonchev–Trinajstić information content (AvgIpc) is 2.75. The predicted octanol–water partition coefficient (Wildman–Crippen LogP) is 3.59. The van der Waals surface area contributed by atoms with E-state index in [2.05, 4.69) is 10.3 Å². The van der Waals surface area contributed by atoms with Crippen LogP contribution in [0.25, 0.3) is 10.6 Å². The molecule has 0 fully saturated rings.